The number of nitrogens with zero attached hydrogens (tertiary/aromatic N) is 1. The predicted molar refractivity (Wildman–Crippen MR) is 101 cm³/mol. The number of rotatable bonds is 6. The molecule has 1 unspecified atom stereocenters. The lowest BCUT2D eigenvalue weighted by Gasteiger charge is -2.37. The number of amides is 1. The van der Waals surface area contributed by atoms with Crippen LogP contribution in [0.2, 0.25) is 0 Å². The molecular formula is C18H25N3O6S. The summed E-state index contributed by atoms with van der Waals surface area (Å²) in [6.45, 7) is 4.25. The molecule has 0 saturated carbocycles. The molecule has 0 spiro atoms. The van der Waals surface area contributed by atoms with Crippen molar-refractivity contribution in [3.63, 3.8) is 0 Å². The number of carbonyl (C=O) groups is 2. The number of H-pyrrole nitrogens is 1. The van der Waals surface area contributed by atoms with Gasteiger partial charge in [0.05, 0.1) is 25.6 Å². The molecule has 3 heterocycles. The summed E-state index contributed by atoms with van der Waals surface area (Å²) in [5.41, 5.74) is -0.542. The summed E-state index contributed by atoms with van der Waals surface area (Å²) in [5, 5.41) is 2.48. The zero-order chi connectivity index (χ0) is 20.5. The molecule has 1 aromatic rings. The maximum Gasteiger partial charge on any atom is 0.306 e. The van der Waals surface area contributed by atoms with Crippen molar-refractivity contribution in [2.75, 3.05) is 20.3 Å². The molecule has 2 fully saturated rings. The average Bonchev–Trinajstić information content (AvgIpc) is 2.84. The number of nitrogens with one attached hydrogen (secondary N) is 2. The zero-order valence-corrected chi connectivity index (χ0v) is 17.0. The number of carbonyl (C=O) groups excluding carboxylic acids is 2. The minimum absolute atomic E-state index is 0.00853. The highest BCUT2D eigenvalue weighted by atomic mass is 32.1. The van der Waals surface area contributed by atoms with E-state index in [1.807, 2.05) is 6.92 Å². The summed E-state index contributed by atoms with van der Waals surface area (Å²) in [5.74, 6) is -0.959. The van der Waals surface area contributed by atoms with E-state index in [1.165, 1.54) is 7.05 Å². The topological polar surface area (TPSA) is 112 Å². The van der Waals surface area contributed by atoms with E-state index in [4.69, 9.17) is 26.4 Å². The second kappa shape index (κ2) is 8.14. The van der Waals surface area contributed by atoms with Crippen LogP contribution in [-0.2, 0) is 23.8 Å². The summed E-state index contributed by atoms with van der Waals surface area (Å²) in [6, 6.07) is 0. The Kier molecular flexibility index (Phi) is 6.01. The van der Waals surface area contributed by atoms with Crippen LogP contribution in [0.15, 0.2) is 11.0 Å². The highest BCUT2D eigenvalue weighted by Gasteiger charge is 2.59. The van der Waals surface area contributed by atoms with Gasteiger partial charge in [-0.25, -0.2) is 0 Å². The lowest BCUT2D eigenvalue weighted by Crippen LogP contribution is -2.52. The summed E-state index contributed by atoms with van der Waals surface area (Å²) < 4.78 is 19.8. The Bertz CT molecular complexity index is 881. The average molecular weight is 411 g/mol. The largest absolute Gasteiger partial charge is 0.459 e. The molecule has 2 N–H and O–H groups in total. The molecule has 2 saturated heterocycles. The number of aromatic nitrogens is 2. The van der Waals surface area contributed by atoms with Crippen molar-refractivity contribution in [2.24, 2.45) is 5.92 Å². The summed E-state index contributed by atoms with van der Waals surface area (Å²) in [7, 11) is 1.52. The van der Waals surface area contributed by atoms with Crippen LogP contribution >= 0.6 is 12.2 Å². The highest BCUT2D eigenvalue weighted by Crippen LogP contribution is 2.48. The van der Waals surface area contributed by atoms with Gasteiger partial charge in [-0.3, -0.25) is 23.9 Å². The zero-order valence-electron chi connectivity index (χ0n) is 16.1. The standard InChI is InChI=1S/C18H25N3O6S/c1-4-18-9-25-8-11(14(18)26-13(23)6-5-12(22)19-3)16(27-18)21-7-10(2)15(24)20-17(21)28/h7,11,14,16H,4-6,8-9H2,1-3H3,(H,19,22)(H,20,24,28)/t11-,14?,16+,18-/m0/s1. The second-order valence-electron chi connectivity index (χ2n) is 7.17. The molecule has 28 heavy (non-hydrogen) atoms. The van der Waals surface area contributed by atoms with Gasteiger partial charge in [-0.2, -0.15) is 0 Å². The number of ether oxygens (including phenoxy) is 3. The van der Waals surface area contributed by atoms with Crippen molar-refractivity contribution in [1.82, 2.24) is 14.9 Å². The quantitative estimate of drug-likeness (QED) is 0.530. The molecule has 2 aliphatic rings. The molecule has 1 aromatic heterocycles. The molecule has 9 nitrogen and oxygen atoms in total. The van der Waals surface area contributed by atoms with E-state index in [-0.39, 0.29) is 35.0 Å². The van der Waals surface area contributed by atoms with E-state index in [0.29, 0.717) is 25.2 Å². The fourth-order valence-corrected chi connectivity index (χ4v) is 4.00. The van der Waals surface area contributed by atoms with Crippen LogP contribution in [-0.4, -0.2) is 53.4 Å². The van der Waals surface area contributed by atoms with Crippen LogP contribution in [0.4, 0.5) is 0 Å². The Balaban J connectivity index is 1.86. The molecule has 2 bridgehead atoms. The molecule has 2 aliphatic heterocycles. The highest BCUT2D eigenvalue weighted by molar-refractivity contribution is 7.71. The second-order valence-corrected chi connectivity index (χ2v) is 7.55. The summed E-state index contributed by atoms with van der Waals surface area (Å²) in [6.07, 6.45) is 1.23. The Labute approximate surface area is 167 Å². The van der Waals surface area contributed by atoms with Gasteiger partial charge < -0.3 is 19.5 Å². The fraction of sp³-hybridized carbons (Fsp3) is 0.667. The van der Waals surface area contributed by atoms with Crippen LogP contribution in [0.1, 0.15) is 38.0 Å². The maximum atomic E-state index is 12.3. The summed E-state index contributed by atoms with van der Waals surface area (Å²) in [4.78, 5) is 38.2. The van der Waals surface area contributed by atoms with Gasteiger partial charge in [0.2, 0.25) is 5.91 Å². The first-order valence-corrected chi connectivity index (χ1v) is 9.70. The van der Waals surface area contributed by atoms with Gasteiger partial charge in [0, 0.05) is 25.2 Å². The number of aryl methyl sites for hydroxylation is 1. The lowest BCUT2D eigenvalue weighted by atomic mass is 9.86. The monoisotopic (exact) mass is 411 g/mol. The Morgan fingerprint density at radius 1 is 1.46 bits per heavy atom. The van der Waals surface area contributed by atoms with Crippen molar-refractivity contribution < 1.29 is 23.8 Å². The molecule has 3 rings (SSSR count). The van der Waals surface area contributed by atoms with Gasteiger partial charge in [0.1, 0.15) is 17.9 Å². The smallest absolute Gasteiger partial charge is 0.306 e. The molecule has 0 aromatic carbocycles. The third-order valence-electron chi connectivity index (χ3n) is 5.40. The van der Waals surface area contributed by atoms with Gasteiger partial charge in [-0.05, 0) is 25.6 Å². The Morgan fingerprint density at radius 2 is 2.21 bits per heavy atom. The van der Waals surface area contributed by atoms with Gasteiger partial charge in [-0.15, -0.1) is 0 Å². The maximum absolute atomic E-state index is 12.3. The Morgan fingerprint density at radius 3 is 2.89 bits per heavy atom. The number of fused-ring (bicyclic) bond motifs is 2. The first-order valence-electron chi connectivity index (χ1n) is 9.29. The van der Waals surface area contributed by atoms with Gasteiger partial charge in [-0.1, -0.05) is 6.92 Å². The summed E-state index contributed by atoms with van der Waals surface area (Å²) >= 11 is 5.31. The van der Waals surface area contributed by atoms with E-state index in [9.17, 15) is 14.4 Å². The van der Waals surface area contributed by atoms with Crippen molar-refractivity contribution in [1.29, 1.82) is 0 Å². The van der Waals surface area contributed by atoms with Crippen molar-refractivity contribution in [3.05, 3.63) is 26.9 Å². The fourth-order valence-electron chi connectivity index (χ4n) is 3.75. The molecule has 1 amide bonds. The van der Waals surface area contributed by atoms with Crippen LogP contribution in [0, 0.1) is 17.6 Å². The van der Waals surface area contributed by atoms with E-state index in [0.717, 1.165) is 0 Å². The predicted octanol–water partition coefficient (Wildman–Crippen LogP) is 0.976. The van der Waals surface area contributed by atoms with Gasteiger partial charge in [0.25, 0.3) is 5.56 Å². The number of hydrogen-bond donors (Lipinski definition) is 2. The number of hydrogen-bond acceptors (Lipinski definition) is 7. The van der Waals surface area contributed by atoms with Gasteiger partial charge >= 0.3 is 5.97 Å². The lowest BCUT2D eigenvalue weighted by molar-refractivity contribution is -0.181. The SMILES string of the molecule is CC[C@]12COC[C@@H](C1OC(=O)CCC(=O)NC)[C@H](n1cc(C)c(=O)[nH]c1=S)O2. The molecule has 154 valence electrons. The first kappa shape index (κ1) is 20.7. The number of esters is 1. The molecular weight excluding hydrogens is 386 g/mol. The van der Waals surface area contributed by atoms with Gasteiger partial charge in [0.15, 0.2) is 4.77 Å². The molecule has 0 radical (unpaired) electrons. The van der Waals surface area contributed by atoms with Crippen LogP contribution in [0.3, 0.4) is 0 Å². The molecule has 10 heteroatoms. The molecule has 4 atom stereocenters. The van der Waals surface area contributed by atoms with Crippen LogP contribution in [0.25, 0.3) is 0 Å². The third kappa shape index (κ3) is 3.76. The third-order valence-corrected chi connectivity index (χ3v) is 5.71. The van der Waals surface area contributed by atoms with E-state index in [2.05, 4.69) is 10.3 Å². The normalized spacial score (nSPS) is 28.8. The van der Waals surface area contributed by atoms with E-state index >= 15 is 0 Å². The number of aromatic amines is 1. The Hall–Kier alpha value is -2.04. The van der Waals surface area contributed by atoms with Crippen molar-refractivity contribution in [2.45, 2.75) is 51.0 Å². The van der Waals surface area contributed by atoms with E-state index < -0.39 is 23.9 Å². The van der Waals surface area contributed by atoms with Crippen LogP contribution < -0.4 is 10.9 Å². The van der Waals surface area contributed by atoms with Crippen molar-refractivity contribution >= 4 is 24.1 Å². The molecule has 0 aliphatic carbocycles. The van der Waals surface area contributed by atoms with E-state index in [1.54, 1.807) is 17.7 Å². The minimum Gasteiger partial charge on any atom is -0.459 e. The van der Waals surface area contributed by atoms with Crippen LogP contribution in [0.5, 0.6) is 0 Å². The first-order chi connectivity index (χ1) is 13.3. The van der Waals surface area contributed by atoms with Crippen molar-refractivity contribution in [3.8, 4) is 0 Å². The minimum atomic E-state index is -0.797.